The first-order chi connectivity index (χ1) is 11.6. The molecule has 6 heteroatoms. The molecule has 1 aromatic rings. The minimum absolute atomic E-state index is 0.162. The minimum Gasteiger partial charge on any atom is -0.493 e. The van der Waals surface area contributed by atoms with E-state index in [1.54, 1.807) is 19.9 Å². The number of halogens is 1. The van der Waals surface area contributed by atoms with Crippen molar-refractivity contribution in [2.24, 2.45) is 11.8 Å². The number of carbonyl (C=O) groups is 2. The third-order valence-electron chi connectivity index (χ3n) is 4.39. The second kappa shape index (κ2) is 6.97. The average molecular weight is 395 g/mol. The van der Waals surface area contributed by atoms with Crippen LogP contribution in [-0.4, -0.2) is 31.8 Å². The summed E-state index contributed by atoms with van der Waals surface area (Å²) in [6.45, 7) is 4.49. The van der Waals surface area contributed by atoms with E-state index in [2.05, 4.69) is 15.9 Å². The number of rotatable bonds is 4. The van der Waals surface area contributed by atoms with Gasteiger partial charge >= 0.3 is 11.9 Å². The molecule has 0 saturated carbocycles. The standard InChI is InChI=1S/C18H19BrO5/c1-3-22-17(20)11-8-13(18(21)23-4-2)16-12-7-10(19)5-6-15(12)24-9-14(11)16/h5-8,11,14,16H,3-4,9H2,1-2H3/t11-,14+,16-/m1/s1. The molecule has 0 fully saturated rings. The van der Waals surface area contributed by atoms with Gasteiger partial charge in [-0.1, -0.05) is 22.0 Å². The fourth-order valence-electron chi connectivity index (χ4n) is 3.43. The summed E-state index contributed by atoms with van der Waals surface area (Å²) in [5, 5.41) is 0. The second-order valence-electron chi connectivity index (χ2n) is 5.75. The predicted molar refractivity (Wildman–Crippen MR) is 90.7 cm³/mol. The van der Waals surface area contributed by atoms with Crippen molar-refractivity contribution in [1.29, 1.82) is 0 Å². The second-order valence-corrected chi connectivity index (χ2v) is 6.67. The van der Waals surface area contributed by atoms with Gasteiger partial charge in [-0.3, -0.25) is 4.79 Å². The highest BCUT2D eigenvalue weighted by molar-refractivity contribution is 9.10. The quantitative estimate of drug-likeness (QED) is 0.733. The van der Waals surface area contributed by atoms with E-state index < -0.39 is 5.92 Å². The number of hydrogen-bond donors (Lipinski definition) is 0. The van der Waals surface area contributed by atoms with Crippen LogP contribution in [0.3, 0.4) is 0 Å². The first-order valence-electron chi connectivity index (χ1n) is 8.04. The first kappa shape index (κ1) is 17.0. The number of fused-ring (bicyclic) bond motifs is 3. The molecule has 0 spiro atoms. The molecule has 3 atom stereocenters. The van der Waals surface area contributed by atoms with E-state index in [4.69, 9.17) is 14.2 Å². The van der Waals surface area contributed by atoms with E-state index in [1.165, 1.54) is 0 Å². The summed E-state index contributed by atoms with van der Waals surface area (Å²) in [7, 11) is 0. The molecule has 1 aliphatic heterocycles. The maximum atomic E-state index is 12.4. The third kappa shape index (κ3) is 2.95. The van der Waals surface area contributed by atoms with Gasteiger partial charge in [0.2, 0.25) is 0 Å². The zero-order chi connectivity index (χ0) is 17.3. The molecule has 1 aliphatic carbocycles. The van der Waals surface area contributed by atoms with Crippen molar-refractivity contribution in [1.82, 2.24) is 0 Å². The van der Waals surface area contributed by atoms with Crippen molar-refractivity contribution < 1.29 is 23.8 Å². The molecule has 0 unspecified atom stereocenters. The Balaban J connectivity index is 2.03. The molecule has 24 heavy (non-hydrogen) atoms. The van der Waals surface area contributed by atoms with Gasteiger partial charge in [0.05, 0.1) is 25.7 Å². The van der Waals surface area contributed by atoms with Crippen LogP contribution in [0.4, 0.5) is 0 Å². The fourth-order valence-corrected chi connectivity index (χ4v) is 3.81. The van der Waals surface area contributed by atoms with E-state index in [0.29, 0.717) is 25.4 Å². The van der Waals surface area contributed by atoms with E-state index in [9.17, 15) is 9.59 Å². The molecule has 5 nitrogen and oxygen atoms in total. The van der Waals surface area contributed by atoms with Gasteiger partial charge in [0.25, 0.3) is 0 Å². The van der Waals surface area contributed by atoms with Gasteiger partial charge in [-0.05, 0) is 32.0 Å². The van der Waals surface area contributed by atoms with Gasteiger partial charge in [-0.25, -0.2) is 4.79 Å². The van der Waals surface area contributed by atoms with Gasteiger partial charge < -0.3 is 14.2 Å². The van der Waals surface area contributed by atoms with E-state index in [0.717, 1.165) is 15.8 Å². The Labute approximate surface area is 149 Å². The smallest absolute Gasteiger partial charge is 0.334 e. The van der Waals surface area contributed by atoms with Crippen LogP contribution in [0, 0.1) is 11.8 Å². The molecule has 3 rings (SSSR count). The van der Waals surface area contributed by atoms with Crippen LogP contribution in [-0.2, 0) is 19.1 Å². The Morgan fingerprint density at radius 1 is 1.25 bits per heavy atom. The summed E-state index contributed by atoms with van der Waals surface area (Å²) in [5.74, 6) is -0.855. The van der Waals surface area contributed by atoms with E-state index >= 15 is 0 Å². The van der Waals surface area contributed by atoms with E-state index in [-0.39, 0.29) is 23.8 Å². The summed E-state index contributed by atoms with van der Waals surface area (Å²) in [4.78, 5) is 24.7. The Bertz CT molecular complexity index is 697. The number of esters is 2. The minimum atomic E-state index is -0.499. The lowest BCUT2D eigenvalue weighted by molar-refractivity contribution is -0.148. The van der Waals surface area contributed by atoms with Crippen molar-refractivity contribution in [3.05, 3.63) is 39.9 Å². The SMILES string of the molecule is CCOC(=O)C1=C[C@@H](C(=O)OCC)[C@@H]2COc3ccc(Br)cc3[C@H]12. The van der Waals surface area contributed by atoms with Gasteiger partial charge in [0, 0.05) is 27.4 Å². The van der Waals surface area contributed by atoms with Gasteiger partial charge in [-0.2, -0.15) is 0 Å². The molecular formula is C18H19BrO5. The summed E-state index contributed by atoms with van der Waals surface area (Å²) >= 11 is 3.46. The Kier molecular flexibility index (Phi) is 4.94. The summed E-state index contributed by atoms with van der Waals surface area (Å²) in [6.07, 6.45) is 1.70. The molecule has 0 N–H and O–H groups in total. The molecule has 0 radical (unpaired) electrons. The van der Waals surface area contributed by atoms with Gasteiger partial charge in [0.15, 0.2) is 0 Å². The largest absolute Gasteiger partial charge is 0.493 e. The summed E-state index contributed by atoms with van der Waals surface area (Å²) < 4.78 is 17.1. The summed E-state index contributed by atoms with van der Waals surface area (Å²) in [5.41, 5.74) is 1.41. The highest BCUT2D eigenvalue weighted by Crippen LogP contribution is 2.50. The average Bonchev–Trinajstić information content (AvgIpc) is 2.95. The van der Waals surface area contributed by atoms with Crippen LogP contribution in [0.25, 0.3) is 0 Å². The monoisotopic (exact) mass is 394 g/mol. The molecule has 0 saturated heterocycles. The third-order valence-corrected chi connectivity index (χ3v) is 4.88. The molecule has 1 aromatic carbocycles. The molecule has 0 amide bonds. The normalized spacial score (nSPS) is 24.3. The highest BCUT2D eigenvalue weighted by Gasteiger charge is 2.48. The number of benzene rings is 1. The van der Waals surface area contributed by atoms with Gasteiger partial charge in [0.1, 0.15) is 5.75 Å². The predicted octanol–water partition coefficient (Wildman–Crippen LogP) is 3.22. The number of hydrogen-bond acceptors (Lipinski definition) is 5. The van der Waals surface area contributed by atoms with Crippen LogP contribution >= 0.6 is 15.9 Å². The molecular weight excluding hydrogens is 376 g/mol. The first-order valence-corrected chi connectivity index (χ1v) is 8.83. The molecule has 128 valence electrons. The highest BCUT2D eigenvalue weighted by atomic mass is 79.9. The zero-order valence-corrected chi connectivity index (χ0v) is 15.2. The lowest BCUT2D eigenvalue weighted by Crippen LogP contribution is -2.33. The van der Waals surface area contributed by atoms with Crippen LogP contribution < -0.4 is 4.74 Å². The van der Waals surface area contributed by atoms with Crippen molar-refractivity contribution in [2.45, 2.75) is 19.8 Å². The van der Waals surface area contributed by atoms with Crippen molar-refractivity contribution in [3.8, 4) is 5.75 Å². The lowest BCUT2D eigenvalue weighted by Gasteiger charge is -2.32. The molecule has 0 bridgehead atoms. The maximum Gasteiger partial charge on any atom is 0.334 e. The van der Waals surface area contributed by atoms with Crippen LogP contribution in [0.15, 0.2) is 34.3 Å². The Hall–Kier alpha value is -1.82. The molecule has 0 aromatic heterocycles. The van der Waals surface area contributed by atoms with Crippen molar-refractivity contribution in [2.75, 3.05) is 19.8 Å². The Morgan fingerprint density at radius 3 is 2.71 bits per heavy atom. The zero-order valence-electron chi connectivity index (χ0n) is 13.6. The lowest BCUT2D eigenvalue weighted by atomic mass is 9.79. The van der Waals surface area contributed by atoms with Crippen molar-refractivity contribution >= 4 is 27.9 Å². The van der Waals surface area contributed by atoms with Crippen LogP contribution in [0.1, 0.15) is 25.3 Å². The number of ether oxygens (including phenoxy) is 3. The molecule has 1 heterocycles. The Morgan fingerprint density at radius 2 is 2.00 bits per heavy atom. The van der Waals surface area contributed by atoms with E-state index in [1.807, 2.05) is 18.2 Å². The van der Waals surface area contributed by atoms with Crippen molar-refractivity contribution in [3.63, 3.8) is 0 Å². The van der Waals surface area contributed by atoms with Crippen LogP contribution in [0.2, 0.25) is 0 Å². The van der Waals surface area contributed by atoms with Crippen LogP contribution in [0.5, 0.6) is 5.75 Å². The molecule has 2 aliphatic rings. The summed E-state index contributed by atoms with van der Waals surface area (Å²) in [6, 6.07) is 5.70. The maximum absolute atomic E-state index is 12.4. The van der Waals surface area contributed by atoms with Gasteiger partial charge in [-0.15, -0.1) is 0 Å². The number of carbonyl (C=O) groups excluding carboxylic acids is 2. The topological polar surface area (TPSA) is 61.8 Å². The fraction of sp³-hybridized carbons (Fsp3) is 0.444.